The van der Waals surface area contributed by atoms with Crippen LogP contribution in [-0.4, -0.2) is 19.7 Å². The Morgan fingerprint density at radius 3 is 2.57 bits per heavy atom. The van der Waals surface area contributed by atoms with Crippen LogP contribution in [0.2, 0.25) is 0 Å². The standard InChI is InChI=1S/C7H7BrN6/c8-5-2-1-4(3-11-5)14-7(10)12-6(9)13-14/h1-3H,(H4,9,10,12,13). The second-order valence-electron chi connectivity index (χ2n) is 2.58. The molecule has 0 amide bonds. The fraction of sp³-hybridized carbons (Fsp3) is 0. The molecular weight excluding hydrogens is 248 g/mol. The lowest BCUT2D eigenvalue weighted by molar-refractivity contribution is 0.887. The van der Waals surface area contributed by atoms with E-state index in [0.717, 1.165) is 10.3 Å². The highest BCUT2D eigenvalue weighted by Gasteiger charge is 2.05. The molecule has 0 aliphatic heterocycles. The lowest BCUT2D eigenvalue weighted by atomic mass is 10.4. The molecule has 2 aromatic heterocycles. The molecule has 0 aliphatic carbocycles. The van der Waals surface area contributed by atoms with Crippen LogP contribution in [0.15, 0.2) is 22.9 Å². The summed E-state index contributed by atoms with van der Waals surface area (Å²) in [5, 5.41) is 3.91. The van der Waals surface area contributed by atoms with Gasteiger partial charge in [0, 0.05) is 0 Å². The molecular formula is C7H7BrN6. The monoisotopic (exact) mass is 254 g/mol. The normalized spacial score (nSPS) is 10.4. The molecule has 14 heavy (non-hydrogen) atoms. The number of hydrogen-bond donors (Lipinski definition) is 2. The van der Waals surface area contributed by atoms with Crippen LogP contribution in [0.4, 0.5) is 11.9 Å². The van der Waals surface area contributed by atoms with Crippen LogP contribution >= 0.6 is 15.9 Å². The van der Waals surface area contributed by atoms with Crippen molar-refractivity contribution in [2.45, 2.75) is 0 Å². The van der Waals surface area contributed by atoms with Gasteiger partial charge in [-0.1, -0.05) is 0 Å². The maximum Gasteiger partial charge on any atom is 0.241 e. The molecule has 0 bridgehead atoms. The van der Waals surface area contributed by atoms with Gasteiger partial charge in [0.25, 0.3) is 0 Å². The summed E-state index contributed by atoms with van der Waals surface area (Å²) in [6.07, 6.45) is 1.62. The van der Waals surface area contributed by atoms with Crippen molar-refractivity contribution >= 4 is 27.8 Å². The zero-order chi connectivity index (χ0) is 10.1. The van der Waals surface area contributed by atoms with E-state index < -0.39 is 0 Å². The van der Waals surface area contributed by atoms with Crippen LogP contribution in [0.5, 0.6) is 0 Å². The molecule has 6 nitrogen and oxygen atoms in total. The van der Waals surface area contributed by atoms with Crippen LogP contribution in [0.1, 0.15) is 0 Å². The minimum atomic E-state index is 0.144. The second-order valence-corrected chi connectivity index (χ2v) is 3.39. The number of halogens is 1. The van der Waals surface area contributed by atoms with Crippen LogP contribution in [0.25, 0.3) is 5.69 Å². The molecule has 0 saturated heterocycles. The average Bonchev–Trinajstić information content (AvgIpc) is 2.47. The maximum absolute atomic E-state index is 5.58. The van der Waals surface area contributed by atoms with Crippen LogP contribution in [-0.2, 0) is 0 Å². The third-order valence-electron chi connectivity index (χ3n) is 1.60. The summed E-state index contributed by atoms with van der Waals surface area (Å²) < 4.78 is 2.17. The fourth-order valence-electron chi connectivity index (χ4n) is 1.02. The highest BCUT2D eigenvalue weighted by atomic mass is 79.9. The van der Waals surface area contributed by atoms with Crippen LogP contribution in [0, 0.1) is 0 Å². The molecule has 0 atom stereocenters. The minimum Gasteiger partial charge on any atom is -0.368 e. The van der Waals surface area contributed by atoms with Crippen molar-refractivity contribution in [2.75, 3.05) is 11.5 Å². The minimum absolute atomic E-state index is 0.144. The third-order valence-corrected chi connectivity index (χ3v) is 2.07. The van der Waals surface area contributed by atoms with Gasteiger partial charge >= 0.3 is 0 Å². The molecule has 4 N–H and O–H groups in total. The Hall–Kier alpha value is -1.63. The first-order valence-electron chi connectivity index (χ1n) is 3.77. The topological polar surface area (TPSA) is 95.6 Å². The Balaban J connectivity index is 2.49. The predicted octanol–water partition coefficient (Wildman–Crippen LogP) is 0.589. The molecule has 2 rings (SSSR count). The molecule has 0 radical (unpaired) electrons. The zero-order valence-electron chi connectivity index (χ0n) is 7.05. The van der Waals surface area contributed by atoms with E-state index in [2.05, 4.69) is 31.0 Å². The molecule has 72 valence electrons. The quantitative estimate of drug-likeness (QED) is 0.727. The van der Waals surface area contributed by atoms with E-state index in [-0.39, 0.29) is 11.9 Å². The Morgan fingerprint density at radius 1 is 1.29 bits per heavy atom. The lowest BCUT2D eigenvalue weighted by Gasteiger charge is -2.00. The van der Waals surface area contributed by atoms with Gasteiger partial charge in [-0.05, 0) is 28.1 Å². The molecule has 2 heterocycles. The summed E-state index contributed by atoms with van der Waals surface area (Å²) in [5.74, 6) is 0.386. The highest BCUT2D eigenvalue weighted by molar-refractivity contribution is 9.10. The van der Waals surface area contributed by atoms with Crippen molar-refractivity contribution in [3.8, 4) is 5.69 Å². The molecule has 0 aromatic carbocycles. The summed E-state index contributed by atoms with van der Waals surface area (Å²) in [5.41, 5.74) is 11.7. The SMILES string of the molecule is Nc1nc(N)n(-c2ccc(Br)nc2)n1. The number of nitrogens with zero attached hydrogens (tertiary/aromatic N) is 4. The zero-order valence-corrected chi connectivity index (χ0v) is 8.64. The van der Waals surface area contributed by atoms with Gasteiger partial charge in [0.2, 0.25) is 11.9 Å². The molecule has 2 aromatic rings. The van der Waals surface area contributed by atoms with Gasteiger partial charge in [0.05, 0.1) is 11.9 Å². The smallest absolute Gasteiger partial charge is 0.241 e. The Morgan fingerprint density at radius 2 is 2.07 bits per heavy atom. The van der Waals surface area contributed by atoms with Gasteiger partial charge < -0.3 is 11.5 Å². The summed E-state index contributed by atoms with van der Waals surface area (Å²) in [6.45, 7) is 0. The van der Waals surface area contributed by atoms with E-state index in [1.807, 2.05) is 6.07 Å². The summed E-state index contributed by atoms with van der Waals surface area (Å²) in [4.78, 5) is 7.82. The molecule has 0 unspecified atom stereocenters. The summed E-state index contributed by atoms with van der Waals surface area (Å²) in [6, 6.07) is 3.59. The molecule has 7 heteroatoms. The second kappa shape index (κ2) is 3.26. The van der Waals surface area contributed by atoms with Crippen molar-refractivity contribution in [1.82, 2.24) is 19.7 Å². The van der Waals surface area contributed by atoms with Crippen molar-refractivity contribution in [2.24, 2.45) is 0 Å². The number of nitrogen functional groups attached to an aromatic ring is 2. The van der Waals surface area contributed by atoms with Gasteiger partial charge in [-0.15, -0.1) is 5.10 Å². The van der Waals surface area contributed by atoms with E-state index in [1.165, 1.54) is 4.68 Å². The number of nitrogens with two attached hydrogens (primary N) is 2. The highest BCUT2D eigenvalue weighted by Crippen LogP contribution is 2.13. The van der Waals surface area contributed by atoms with Gasteiger partial charge in [-0.3, -0.25) is 0 Å². The first-order chi connectivity index (χ1) is 6.66. The van der Waals surface area contributed by atoms with Gasteiger partial charge in [0.15, 0.2) is 0 Å². The van der Waals surface area contributed by atoms with Crippen molar-refractivity contribution in [3.63, 3.8) is 0 Å². The van der Waals surface area contributed by atoms with Gasteiger partial charge in [-0.25, -0.2) is 4.98 Å². The molecule has 0 aliphatic rings. The van der Waals surface area contributed by atoms with Crippen molar-refractivity contribution in [1.29, 1.82) is 0 Å². The van der Waals surface area contributed by atoms with E-state index >= 15 is 0 Å². The van der Waals surface area contributed by atoms with E-state index in [1.54, 1.807) is 12.3 Å². The van der Waals surface area contributed by atoms with Crippen LogP contribution in [0.3, 0.4) is 0 Å². The molecule has 0 spiro atoms. The number of aromatic nitrogens is 4. The third kappa shape index (κ3) is 1.53. The largest absolute Gasteiger partial charge is 0.368 e. The van der Waals surface area contributed by atoms with Crippen LogP contribution < -0.4 is 11.5 Å². The summed E-state index contributed by atoms with van der Waals surface area (Å²) in [7, 11) is 0. The molecule has 0 fully saturated rings. The lowest BCUT2D eigenvalue weighted by Crippen LogP contribution is -2.02. The fourth-order valence-corrected chi connectivity index (χ4v) is 1.26. The average molecular weight is 255 g/mol. The van der Waals surface area contributed by atoms with Crippen molar-refractivity contribution < 1.29 is 0 Å². The Labute approximate surface area is 88.1 Å². The predicted molar refractivity (Wildman–Crippen MR) is 55.7 cm³/mol. The van der Waals surface area contributed by atoms with Gasteiger partial charge in [0.1, 0.15) is 4.60 Å². The van der Waals surface area contributed by atoms with E-state index in [9.17, 15) is 0 Å². The first kappa shape index (κ1) is 8.95. The maximum atomic E-state index is 5.58. The van der Waals surface area contributed by atoms with Crippen molar-refractivity contribution in [3.05, 3.63) is 22.9 Å². The van der Waals surface area contributed by atoms with E-state index in [4.69, 9.17) is 11.5 Å². The Kier molecular flexibility index (Phi) is 2.08. The first-order valence-corrected chi connectivity index (χ1v) is 4.56. The Bertz CT molecular complexity index is 448. The number of hydrogen-bond acceptors (Lipinski definition) is 5. The molecule has 0 saturated carbocycles. The van der Waals surface area contributed by atoms with Gasteiger partial charge in [-0.2, -0.15) is 9.67 Å². The summed E-state index contributed by atoms with van der Waals surface area (Å²) >= 11 is 3.23. The number of anilines is 2. The number of rotatable bonds is 1. The van der Waals surface area contributed by atoms with E-state index in [0.29, 0.717) is 0 Å². The number of pyridine rings is 1.